The van der Waals surface area contributed by atoms with E-state index in [1.54, 1.807) is 0 Å². The molecule has 1 aliphatic carbocycles. The monoisotopic (exact) mass is 412 g/mol. The van der Waals surface area contributed by atoms with Crippen molar-refractivity contribution in [2.75, 3.05) is 0 Å². The van der Waals surface area contributed by atoms with E-state index in [1.165, 1.54) is 53.9 Å². The summed E-state index contributed by atoms with van der Waals surface area (Å²) >= 11 is 1.99. The topological polar surface area (TPSA) is 0 Å². The molecule has 0 radical (unpaired) electrons. The Morgan fingerprint density at radius 3 is 1.84 bits per heavy atom. The molecule has 31 heavy (non-hydrogen) atoms. The molecule has 0 spiro atoms. The second kappa shape index (κ2) is 6.60. The zero-order chi connectivity index (χ0) is 20.4. The first-order chi connectivity index (χ1) is 15.4. The second-order valence-electron chi connectivity index (χ2n) is 8.48. The number of rotatable bonds is 1. The van der Waals surface area contributed by atoms with Crippen LogP contribution in [0.3, 0.4) is 0 Å². The van der Waals surface area contributed by atoms with Gasteiger partial charge in [-0.1, -0.05) is 91.0 Å². The molecule has 2 unspecified atom stereocenters. The van der Waals surface area contributed by atoms with E-state index < -0.39 is 0 Å². The molecule has 7 rings (SSSR count). The van der Waals surface area contributed by atoms with Crippen LogP contribution in [0.4, 0.5) is 0 Å². The van der Waals surface area contributed by atoms with Crippen molar-refractivity contribution in [2.45, 2.75) is 16.1 Å². The van der Waals surface area contributed by atoms with E-state index in [0.29, 0.717) is 11.2 Å². The SMILES string of the molecule is C1=CC2Sc3ccc(-c4ccc5c6ccccc6c6ccccc6c5c4)cc3C2C=C1. The van der Waals surface area contributed by atoms with Crippen molar-refractivity contribution in [1.29, 1.82) is 0 Å². The summed E-state index contributed by atoms with van der Waals surface area (Å²) in [5.74, 6) is 0.496. The number of allylic oxidation sites excluding steroid dienone is 3. The molecule has 0 amide bonds. The van der Waals surface area contributed by atoms with Gasteiger partial charge in [-0.3, -0.25) is 0 Å². The summed E-state index contributed by atoms with van der Waals surface area (Å²) in [5.41, 5.74) is 4.07. The van der Waals surface area contributed by atoms with Crippen LogP contribution >= 0.6 is 11.8 Å². The van der Waals surface area contributed by atoms with Gasteiger partial charge in [-0.2, -0.15) is 0 Å². The van der Waals surface area contributed by atoms with E-state index in [-0.39, 0.29) is 0 Å². The summed E-state index contributed by atoms with van der Waals surface area (Å²) in [4.78, 5) is 1.42. The van der Waals surface area contributed by atoms with Crippen molar-refractivity contribution < 1.29 is 0 Å². The summed E-state index contributed by atoms with van der Waals surface area (Å²) in [6.07, 6.45) is 9.06. The molecule has 1 heteroatoms. The average Bonchev–Trinajstić information content (AvgIpc) is 3.22. The van der Waals surface area contributed by atoms with Gasteiger partial charge in [-0.25, -0.2) is 0 Å². The fourth-order valence-electron chi connectivity index (χ4n) is 5.31. The minimum Gasteiger partial charge on any atom is -0.117 e. The molecule has 146 valence electrons. The van der Waals surface area contributed by atoms with E-state index in [4.69, 9.17) is 0 Å². The molecule has 0 saturated heterocycles. The summed E-state index contributed by atoms with van der Waals surface area (Å²) in [7, 11) is 0. The van der Waals surface area contributed by atoms with Crippen molar-refractivity contribution in [2.24, 2.45) is 0 Å². The number of hydrogen-bond acceptors (Lipinski definition) is 1. The van der Waals surface area contributed by atoms with Gasteiger partial charge in [0.05, 0.1) is 0 Å². The van der Waals surface area contributed by atoms with Gasteiger partial charge in [0.1, 0.15) is 0 Å². The lowest BCUT2D eigenvalue weighted by Gasteiger charge is -2.15. The average molecular weight is 413 g/mol. The van der Waals surface area contributed by atoms with Gasteiger partial charge in [0, 0.05) is 16.1 Å². The highest BCUT2D eigenvalue weighted by atomic mass is 32.2. The van der Waals surface area contributed by atoms with Crippen LogP contribution in [0.5, 0.6) is 0 Å². The molecule has 0 fully saturated rings. The summed E-state index contributed by atoms with van der Waals surface area (Å²) < 4.78 is 0. The Labute approximate surface area is 185 Å². The molecule has 0 nitrogen and oxygen atoms in total. The third-order valence-corrected chi connectivity index (χ3v) is 8.14. The molecule has 0 aromatic heterocycles. The predicted molar refractivity (Wildman–Crippen MR) is 135 cm³/mol. The summed E-state index contributed by atoms with van der Waals surface area (Å²) in [6.45, 7) is 0. The molecule has 5 aromatic rings. The smallest absolute Gasteiger partial charge is 0.0381 e. The largest absolute Gasteiger partial charge is 0.117 e. The standard InChI is InChI=1S/C30H20S/c1-2-9-23-21(7-1)22-8-3-4-10-24(22)27-17-19(13-15-25(23)27)20-14-16-30-28(18-20)26-11-5-6-12-29(26)31-30/h1-18,26,29H. The van der Waals surface area contributed by atoms with E-state index in [1.807, 2.05) is 11.8 Å². The Morgan fingerprint density at radius 2 is 1.10 bits per heavy atom. The van der Waals surface area contributed by atoms with Crippen molar-refractivity contribution >= 4 is 44.1 Å². The normalized spacial score (nSPS) is 19.2. The lowest BCUT2D eigenvalue weighted by Crippen LogP contribution is -2.06. The quantitative estimate of drug-likeness (QED) is 0.249. The molecule has 0 N–H and O–H groups in total. The van der Waals surface area contributed by atoms with Crippen molar-refractivity contribution in [3.05, 3.63) is 115 Å². The fraction of sp³-hybridized carbons (Fsp3) is 0.0667. The van der Waals surface area contributed by atoms with Crippen molar-refractivity contribution in [3.63, 3.8) is 0 Å². The molecule has 1 aliphatic heterocycles. The highest BCUT2D eigenvalue weighted by Gasteiger charge is 2.31. The van der Waals surface area contributed by atoms with Crippen LogP contribution in [0.25, 0.3) is 43.4 Å². The van der Waals surface area contributed by atoms with Crippen molar-refractivity contribution in [1.82, 2.24) is 0 Å². The number of benzene rings is 5. The Kier molecular flexibility index (Phi) is 3.71. The third-order valence-electron chi connectivity index (χ3n) is 6.79. The van der Waals surface area contributed by atoms with Gasteiger partial charge in [0.25, 0.3) is 0 Å². The minimum absolute atomic E-state index is 0.496. The van der Waals surface area contributed by atoms with Gasteiger partial charge in [0.2, 0.25) is 0 Å². The van der Waals surface area contributed by atoms with Gasteiger partial charge < -0.3 is 0 Å². The predicted octanol–water partition coefficient (Wildman–Crippen LogP) is 8.50. The number of thioether (sulfide) groups is 1. The molecular formula is C30H20S. The van der Waals surface area contributed by atoms with Gasteiger partial charge >= 0.3 is 0 Å². The van der Waals surface area contributed by atoms with Crippen LogP contribution in [0.15, 0.2) is 114 Å². The van der Waals surface area contributed by atoms with E-state index >= 15 is 0 Å². The van der Waals surface area contributed by atoms with Gasteiger partial charge in [0.15, 0.2) is 0 Å². The first-order valence-corrected chi connectivity index (χ1v) is 11.7. The molecule has 0 saturated carbocycles. The first kappa shape index (κ1) is 17.4. The third kappa shape index (κ3) is 2.57. The minimum atomic E-state index is 0.496. The lowest BCUT2D eigenvalue weighted by atomic mass is 9.89. The van der Waals surface area contributed by atoms with Crippen LogP contribution in [0.2, 0.25) is 0 Å². The summed E-state index contributed by atoms with van der Waals surface area (Å²) in [6, 6.07) is 31.6. The van der Waals surface area contributed by atoms with Gasteiger partial charge in [-0.15, -0.1) is 11.8 Å². The number of hydrogen-bond donors (Lipinski definition) is 0. The molecule has 2 atom stereocenters. The maximum atomic E-state index is 2.42. The van der Waals surface area contributed by atoms with E-state index in [9.17, 15) is 0 Å². The van der Waals surface area contributed by atoms with Crippen LogP contribution in [-0.4, -0.2) is 5.25 Å². The molecular weight excluding hydrogens is 392 g/mol. The fourth-order valence-corrected chi connectivity index (χ4v) is 6.63. The highest BCUT2D eigenvalue weighted by Crippen LogP contribution is 2.49. The first-order valence-electron chi connectivity index (χ1n) is 10.9. The maximum absolute atomic E-state index is 2.42. The Hall–Kier alpha value is -3.29. The Bertz CT molecular complexity index is 1540. The van der Waals surface area contributed by atoms with E-state index in [0.717, 1.165) is 0 Å². The Morgan fingerprint density at radius 1 is 0.516 bits per heavy atom. The van der Waals surface area contributed by atoms with Crippen LogP contribution in [0, 0.1) is 0 Å². The molecule has 2 aliphatic rings. The van der Waals surface area contributed by atoms with Crippen LogP contribution in [0.1, 0.15) is 11.5 Å². The molecule has 5 aromatic carbocycles. The zero-order valence-electron chi connectivity index (χ0n) is 17.0. The van der Waals surface area contributed by atoms with Crippen LogP contribution < -0.4 is 0 Å². The summed E-state index contributed by atoms with van der Waals surface area (Å²) in [5, 5.41) is 8.52. The van der Waals surface area contributed by atoms with Gasteiger partial charge in [-0.05, 0) is 67.2 Å². The second-order valence-corrected chi connectivity index (χ2v) is 9.70. The highest BCUT2D eigenvalue weighted by molar-refractivity contribution is 8.00. The maximum Gasteiger partial charge on any atom is 0.0381 e. The van der Waals surface area contributed by atoms with Crippen LogP contribution in [-0.2, 0) is 0 Å². The Balaban J connectivity index is 1.46. The molecule has 0 bridgehead atoms. The molecule has 1 heterocycles. The van der Waals surface area contributed by atoms with Crippen molar-refractivity contribution in [3.8, 4) is 11.1 Å². The zero-order valence-corrected chi connectivity index (χ0v) is 17.8. The lowest BCUT2D eigenvalue weighted by molar-refractivity contribution is 0.881. The van der Waals surface area contributed by atoms with E-state index in [2.05, 4.69) is 109 Å². The number of fused-ring (bicyclic) bond motifs is 9.